The molecule has 5 heteroatoms. The van der Waals surface area contributed by atoms with Gasteiger partial charge < -0.3 is 9.47 Å². The SMILES string of the molecule is COC(=O)C(C)C(=O)OC(C)Cl. The maximum atomic E-state index is 10.9. The fourth-order valence-electron chi connectivity index (χ4n) is 0.535. The first-order valence-electron chi connectivity index (χ1n) is 3.41. The van der Waals surface area contributed by atoms with Crippen LogP contribution in [0, 0.1) is 5.92 Å². The van der Waals surface area contributed by atoms with Gasteiger partial charge >= 0.3 is 11.9 Å². The van der Waals surface area contributed by atoms with Gasteiger partial charge in [-0.05, 0) is 13.8 Å². The minimum atomic E-state index is -0.920. The smallest absolute Gasteiger partial charge is 0.321 e. The summed E-state index contributed by atoms with van der Waals surface area (Å²) < 4.78 is 8.89. The van der Waals surface area contributed by atoms with Gasteiger partial charge in [0, 0.05) is 0 Å². The number of hydrogen-bond acceptors (Lipinski definition) is 4. The molecule has 2 unspecified atom stereocenters. The average Bonchev–Trinajstić information content (AvgIpc) is 2.00. The highest BCUT2D eigenvalue weighted by atomic mass is 35.5. The van der Waals surface area contributed by atoms with E-state index in [-0.39, 0.29) is 0 Å². The van der Waals surface area contributed by atoms with E-state index in [4.69, 9.17) is 11.6 Å². The molecule has 0 saturated heterocycles. The van der Waals surface area contributed by atoms with Gasteiger partial charge in [-0.25, -0.2) is 0 Å². The number of ether oxygens (including phenoxy) is 2. The van der Waals surface area contributed by atoms with Crippen LogP contribution in [0.25, 0.3) is 0 Å². The number of hydrogen-bond donors (Lipinski definition) is 0. The van der Waals surface area contributed by atoms with E-state index in [0.29, 0.717) is 0 Å². The van der Waals surface area contributed by atoms with E-state index in [0.717, 1.165) is 0 Å². The Morgan fingerprint density at radius 3 is 2.08 bits per heavy atom. The molecule has 4 nitrogen and oxygen atoms in total. The van der Waals surface area contributed by atoms with Crippen LogP contribution >= 0.6 is 11.6 Å². The van der Waals surface area contributed by atoms with Crippen LogP contribution in [-0.4, -0.2) is 24.6 Å². The first kappa shape index (κ1) is 11.2. The number of esters is 2. The van der Waals surface area contributed by atoms with Crippen LogP contribution in [0.3, 0.4) is 0 Å². The van der Waals surface area contributed by atoms with E-state index in [1.165, 1.54) is 21.0 Å². The van der Waals surface area contributed by atoms with Crippen molar-refractivity contribution >= 4 is 23.5 Å². The highest BCUT2D eigenvalue weighted by Crippen LogP contribution is 2.05. The van der Waals surface area contributed by atoms with Crippen molar-refractivity contribution in [2.45, 2.75) is 19.4 Å². The zero-order valence-corrected chi connectivity index (χ0v) is 7.92. The van der Waals surface area contributed by atoms with Gasteiger partial charge in [-0.2, -0.15) is 0 Å². The zero-order chi connectivity index (χ0) is 9.72. The third-order valence-electron chi connectivity index (χ3n) is 1.19. The van der Waals surface area contributed by atoms with Gasteiger partial charge in [-0.15, -0.1) is 0 Å². The van der Waals surface area contributed by atoms with E-state index >= 15 is 0 Å². The molecule has 0 aliphatic rings. The second-order valence-electron chi connectivity index (χ2n) is 2.22. The second kappa shape index (κ2) is 4.98. The molecule has 0 saturated carbocycles. The molecule has 0 aromatic carbocycles. The normalized spacial score (nSPS) is 14.7. The summed E-state index contributed by atoms with van der Waals surface area (Å²) in [6.07, 6.45) is 0. The Morgan fingerprint density at radius 2 is 1.75 bits per heavy atom. The molecule has 0 radical (unpaired) electrons. The molecule has 0 amide bonds. The number of rotatable bonds is 3. The lowest BCUT2D eigenvalue weighted by atomic mass is 10.2. The van der Waals surface area contributed by atoms with E-state index in [1.54, 1.807) is 0 Å². The Morgan fingerprint density at radius 1 is 1.25 bits per heavy atom. The van der Waals surface area contributed by atoms with Crippen molar-refractivity contribution in [2.75, 3.05) is 7.11 Å². The van der Waals surface area contributed by atoms with Crippen LogP contribution in [0.2, 0.25) is 0 Å². The van der Waals surface area contributed by atoms with Crippen molar-refractivity contribution in [1.29, 1.82) is 0 Å². The van der Waals surface area contributed by atoms with Crippen LogP contribution in [0.5, 0.6) is 0 Å². The lowest BCUT2D eigenvalue weighted by Gasteiger charge is -2.10. The van der Waals surface area contributed by atoms with Gasteiger partial charge in [0.2, 0.25) is 0 Å². The Bertz CT molecular complexity index is 178. The van der Waals surface area contributed by atoms with E-state index < -0.39 is 23.4 Å². The quantitative estimate of drug-likeness (QED) is 0.381. The summed E-state index contributed by atoms with van der Waals surface area (Å²) in [4.78, 5) is 21.7. The molecular formula is C7H11ClO4. The standard InChI is InChI=1S/C7H11ClO4/c1-4(6(9)11-3)7(10)12-5(2)8/h4-5H,1-3H3. The van der Waals surface area contributed by atoms with Gasteiger partial charge in [0.05, 0.1) is 7.11 Å². The predicted octanol–water partition coefficient (Wildman–Crippen LogP) is 0.923. The highest BCUT2D eigenvalue weighted by molar-refractivity contribution is 6.20. The van der Waals surface area contributed by atoms with Crippen molar-refractivity contribution in [1.82, 2.24) is 0 Å². The molecule has 70 valence electrons. The molecule has 0 N–H and O–H groups in total. The minimum absolute atomic E-state index is 0.627. The van der Waals surface area contributed by atoms with Crippen molar-refractivity contribution in [3.63, 3.8) is 0 Å². The number of carbonyl (C=O) groups excluding carboxylic acids is 2. The molecule has 0 aromatic rings. The van der Waals surface area contributed by atoms with Crippen molar-refractivity contribution < 1.29 is 19.1 Å². The molecule has 0 fully saturated rings. The Hall–Kier alpha value is -0.770. The molecular weight excluding hydrogens is 184 g/mol. The van der Waals surface area contributed by atoms with Gasteiger partial charge in [0.25, 0.3) is 0 Å². The lowest BCUT2D eigenvalue weighted by molar-refractivity contribution is -0.160. The lowest BCUT2D eigenvalue weighted by Crippen LogP contribution is -2.25. The Kier molecular flexibility index (Phi) is 4.66. The Balaban J connectivity index is 4.01. The molecule has 12 heavy (non-hydrogen) atoms. The van der Waals surface area contributed by atoms with Gasteiger partial charge in [0.1, 0.15) is 0 Å². The first-order valence-corrected chi connectivity index (χ1v) is 3.85. The maximum absolute atomic E-state index is 10.9. The Labute approximate surface area is 75.8 Å². The number of carbonyl (C=O) groups is 2. The largest absolute Gasteiger partial charge is 0.468 e. The molecule has 0 rings (SSSR count). The number of halogens is 1. The van der Waals surface area contributed by atoms with Crippen molar-refractivity contribution in [3.05, 3.63) is 0 Å². The summed E-state index contributed by atoms with van der Waals surface area (Å²) in [6.45, 7) is 2.89. The molecule has 0 aromatic heterocycles. The third-order valence-corrected chi connectivity index (χ3v) is 1.28. The summed E-state index contributed by atoms with van der Waals surface area (Å²) in [5, 5.41) is 0. The zero-order valence-electron chi connectivity index (χ0n) is 7.17. The maximum Gasteiger partial charge on any atom is 0.321 e. The van der Waals surface area contributed by atoms with Crippen LogP contribution < -0.4 is 0 Å². The minimum Gasteiger partial charge on any atom is -0.468 e. The molecule has 0 spiro atoms. The second-order valence-corrected chi connectivity index (χ2v) is 2.84. The fourth-order valence-corrected chi connectivity index (χ4v) is 0.623. The van der Waals surface area contributed by atoms with Crippen LogP contribution in [0.1, 0.15) is 13.8 Å². The number of methoxy groups -OCH3 is 1. The molecule has 0 heterocycles. The molecule has 0 aliphatic carbocycles. The summed E-state index contributed by atoms with van der Waals surface area (Å²) in [5.41, 5.74) is -0.732. The van der Waals surface area contributed by atoms with E-state index in [2.05, 4.69) is 9.47 Å². The van der Waals surface area contributed by atoms with Gasteiger partial charge in [0.15, 0.2) is 11.5 Å². The monoisotopic (exact) mass is 194 g/mol. The third kappa shape index (κ3) is 3.57. The molecule has 2 atom stereocenters. The first-order chi connectivity index (χ1) is 5.49. The summed E-state index contributed by atoms with van der Waals surface area (Å²) in [7, 11) is 1.20. The van der Waals surface area contributed by atoms with Crippen LogP contribution in [0.15, 0.2) is 0 Å². The fraction of sp³-hybridized carbons (Fsp3) is 0.714. The molecule has 0 aliphatic heterocycles. The summed E-state index contributed by atoms with van der Waals surface area (Å²) >= 11 is 5.37. The van der Waals surface area contributed by atoms with Crippen LogP contribution in [0.4, 0.5) is 0 Å². The summed E-state index contributed by atoms with van der Waals surface area (Å²) in [5.74, 6) is -2.22. The van der Waals surface area contributed by atoms with Crippen molar-refractivity contribution in [3.8, 4) is 0 Å². The average molecular weight is 195 g/mol. The van der Waals surface area contributed by atoms with Gasteiger partial charge in [-0.1, -0.05) is 11.6 Å². The van der Waals surface area contributed by atoms with Gasteiger partial charge in [-0.3, -0.25) is 9.59 Å². The molecule has 0 bridgehead atoms. The highest BCUT2D eigenvalue weighted by Gasteiger charge is 2.24. The topological polar surface area (TPSA) is 52.6 Å². The van der Waals surface area contributed by atoms with Crippen LogP contribution in [-0.2, 0) is 19.1 Å². The van der Waals surface area contributed by atoms with E-state index in [1.807, 2.05) is 0 Å². The summed E-state index contributed by atoms with van der Waals surface area (Å²) in [6, 6.07) is 0. The predicted molar refractivity (Wildman–Crippen MR) is 42.6 cm³/mol. The van der Waals surface area contributed by atoms with E-state index in [9.17, 15) is 9.59 Å². The number of alkyl halides is 1. The van der Waals surface area contributed by atoms with Crippen molar-refractivity contribution in [2.24, 2.45) is 5.92 Å².